The van der Waals surface area contributed by atoms with Gasteiger partial charge in [-0.2, -0.15) is 5.10 Å². The average molecular weight is 326 g/mol. The van der Waals surface area contributed by atoms with Crippen molar-refractivity contribution in [3.05, 3.63) is 54.4 Å². The Kier molecular flexibility index (Phi) is 5.88. The first-order valence-electron chi connectivity index (χ1n) is 8.85. The van der Waals surface area contributed by atoms with Crippen molar-refractivity contribution in [2.45, 2.75) is 32.2 Å². The molecule has 128 valence electrons. The predicted octanol–water partition coefficient (Wildman–Crippen LogP) is 2.94. The van der Waals surface area contributed by atoms with Crippen LogP contribution in [0.15, 0.2) is 48.8 Å². The van der Waals surface area contributed by atoms with Crippen LogP contribution in [0.4, 0.5) is 4.79 Å². The molecule has 5 heteroatoms. The second-order valence-corrected chi connectivity index (χ2v) is 6.48. The summed E-state index contributed by atoms with van der Waals surface area (Å²) in [5, 5.41) is 7.32. The van der Waals surface area contributed by atoms with Gasteiger partial charge in [0.05, 0.1) is 0 Å². The Labute approximate surface area is 143 Å². The summed E-state index contributed by atoms with van der Waals surface area (Å²) >= 11 is 0. The Morgan fingerprint density at radius 2 is 1.96 bits per heavy atom. The zero-order valence-corrected chi connectivity index (χ0v) is 14.1. The third kappa shape index (κ3) is 4.85. The number of carbonyl (C=O) groups excluding carboxylic acids is 1. The highest BCUT2D eigenvalue weighted by Crippen LogP contribution is 2.18. The number of nitrogens with one attached hydrogen (secondary N) is 1. The van der Waals surface area contributed by atoms with Gasteiger partial charge in [0.15, 0.2) is 0 Å². The molecule has 5 nitrogen and oxygen atoms in total. The second-order valence-electron chi connectivity index (χ2n) is 6.48. The van der Waals surface area contributed by atoms with E-state index in [0.29, 0.717) is 5.92 Å². The number of rotatable bonds is 6. The predicted molar refractivity (Wildman–Crippen MR) is 94.7 cm³/mol. The van der Waals surface area contributed by atoms with Gasteiger partial charge in [0.2, 0.25) is 0 Å². The Hall–Kier alpha value is -2.30. The molecule has 0 bridgehead atoms. The summed E-state index contributed by atoms with van der Waals surface area (Å²) < 4.78 is 1.99. The van der Waals surface area contributed by atoms with Gasteiger partial charge in [-0.25, -0.2) is 4.79 Å². The van der Waals surface area contributed by atoms with Gasteiger partial charge in [-0.1, -0.05) is 30.3 Å². The molecule has 0 spiro atoms. The zero-order valence-electron chi connectivity index (χ0n) is 14.1. The second kappa shape index (κ2) is 8.52. The van der Waals surface area contributed by atoms with Crippen LogP contribution < -0.4 is 5.32 Å². The number of aromatic nitrogens is 2. The molecule has 1 aliphatic heterocycles. The minimum absolute atomic E-state index is 0.0839. The van der Waals surface area contributed by atoms with Crippen molar-refractivity contribution in [3.8, 4) is 0 Å². The summed E-state index contributed by atoms with van der Waals surface area (Å²) in [6, 6.07) is 12.4. The van der Waals surface area contributed by atoms with E-state index < -0.39 is 0 Å². The van der Waals surface area contributed by atoms with Crippen LogP contribution in [0.5, 0.6) is 0 Å². The van der Waals surface area contributed by atoms with Gasteiger partial charge in [0, 0.05) is 38.6 Å². The molecular formula is C19H26N4O. The van der Waals surface area contributed by atoms with Crippen molar-refractivity contribution < 1.29 is 4.79 Å². The van der Waals surface area contributed by atoms with Crippen LogP contribution in [0.1, 0.15) is 24.8 Å². The Morgan fingerprint density at radius 1 is 1.17 bits per heavy atom. The lowest BCUT2D eigenvalue weighted by atomic mass is 9.97. The van der Waals surface area contributed by atoms with E-state index in [1.54, 1.807) is 0 Å². The quantitative estimate of drug-likeness (QED) is 0.830. The maximum Gasteiger partial charge on any atom is 0.317 e. The number of hydrogen-bond donors (Lipinski definition) is 1. The highest BCUT2D eigenvalue weighted by Gasteiger charge is 2.22. The number of carbonyl (C=O) groups is 1. The Bertz CT molecular complexity index is 604. The van der Waals surface area contributed by atoms with Crippen LogP contribution in [0.2, 0.25) is 0 Å². The van der Waals surface area contributed by atoms with E-state index in [4.69, 9.17) is 0 Å². The van der Waals surface area contributed by atoms with Crippen molar-refractivity contribution in [2.24, 2.45) is 5.92 Å². The van der Waals surface area contributed by atoms with Crippen LogP contribution >= 0.6 is 0 Å². The molecule has 0 aliphatic carbocycles. The maximum absolute atomic E-state index is 12.2. The third-order valence-electron chi connectivity index (χ3n) is 4.67. The summed E-state index contributed by atoms with van der Waals surface area (Å²) in [4.78, 5) is 14.2. The van der Waals surface area contributed by atoms with E-state index in [2.05, 4.69) is 34.7 Å². The minimum Gasteiger partial charge on any atom is -0.338 e. The van der Waals surface area contributed by atoms with Crippen LogP contribution in [-0.4, -0.2) is 40.3 Å². The van der Waals surface area contributed by atoms with E-state index in [-0.39, 0.29) is 6.03 Å². The largest absolute Gasteiger partial charge is 0.338 e. The number of benzene rings is 1. The van der Waals surface area contributed by atoms with Crippen molar-refractivity contribution in [3.63, 3.8) is 0 Å². The molecule has 1 aliphatic rings. The molecule has 1 fully saturated rings. The lowest BCUT2D eigenvalue weighted by Crippen LogP contribution is -2.45. The van der Waals surface area contributed by atoms with E-state index in [9.17, 15) is 4.79 Å². The summed E-state index contributed by atoms with van der Waals surface area (Å²) in [5.41, 5.74) is 1.33. The lowest BCUT2D eigenvalue weighted by Gasteiger charge is -2.32. The van der Waals surface area contributed by atoms with Gasteiger partial charge in [-0.05, 0) is 43.2 Å². The van der Waals surface area contributed by atoms with Crippen molar-refractivity contribution in [2.75, 3.05) is 19.6 Å². The number of likely N-dealkylation sites (tertiary alicyclic amines) is 1. The molecule has 1 N–H and O–H groups in total. The van der Waals surface area contributed by atoms with E-state index in [1.165, 1.54) is 5.56 Å². The van der Waals surface area contributed by atoms with Crippen LogP contribution in [0.25, 0.3) is 0 Å². The van der Waals surface area contributed by atoms with Crippen molar-refractivity contribution in [1.82, 2.24) is 20.0 Å². The number of nitrogens with zero attached hydrogens (tertiary/aromatic N) is 3. The number of hydrogen-bond acceptors (Lipinski definition) is 2. The first-order chi connectivity index (χ1) is 11.8. The molecule has 2 amide bonds. The van der Waals surface area contributed by atoms with Crippen LogP contribution in [0, 0.1) is 5.92 Å². The Morgan fingerprint density at radius 3 is 2.67 bits per heavy atom. The molecule has 0 radical (unpaired) electrons. The summed E-state index contributed by atoms with van der Waals surface area (Å²) in [7, 11) is 0. The van der Waals surface area contributed by atoms with Gasteiger partial charge < -0.3 is 10.2 Å². The van der Waals surface area contributed by atoms with E-state index in [0.717, 1.165) is 51.9 Å². The monoisotopic (exact) mass is 326 g/mol. The normalized spacial score (nSPS) is 15.4. The third-order valence-corrected chi connectivity index (χ3v) is 4.67. The zero-order chi connectivity index (χ0) is 16.6. The molecule has 2 aromatic rings. The lowest BCUT2D eigenvalue weighted by molar-refractivity contribution is 0.164. The van der Waals surface area contributed by atoms with Gasteiger partial charge in [0.1, 0.15) is 0 Å². The molecule has 0 atom stereocenters. The molecule has 3 rings (SSSR count). The van der Waals surface area contributed by atoms with Gasteiger partial charge in [-0.15, -0.1) is 0 Å². The van der Waals surface area contributed by atoms with Gasteiger partial charge in [0.25, 0.3) is 0 Å². The fourth-order valence-electron chi connectivity index (χ4n) is 3.24. The maximum atomic E-state index is 12.2. The van der Waals surface area contributed by atoms with Gasteiger partial charge in [-0.3, -0.25) is 4.68 Å². The number of urea groups is 1. The minimum atomic E-state index is 0.0839. The molecular weight excluding hydrogens is 300 g/mol. The molecule has 0 unspecified atom stereocenters. The SMILES string of the molecule is O=C(NCCCc1ccccc1)N1CCC(Cn2cccn2)CC1. The molecule has 24 heavy (non-hydrogen) atoms. The molecule has 1 aromatic heterocycles. The van der Waals surface area contributed by atoms with E-state index >= 15 is 0 Å². The topological polar surface area (TPSA) is 50.2 Å². The first kappa shape index (κ1) is 16.6. The summed E-state index contributed by atoms with van der Waals surface area (Å²) in [6.45, 7) is 3.38. The summed E-state index contributed by atoms with van der Waals surface area (Å²) in [5.74, 6) is 0.618. The highest BCUT2D eigenvalue weighted by atomic mass is 16.2. The molecule has 1 aromatic carbocycles. The average Bonchev–Trinajstić information content (AvgIpc) is 3.13. The fourth-order valence-corrected chi connectivity index (χ4v) is 3.24. The van der Waals surface area contributed by atoms with E-state index in [1.807, 2.05) is 34.1 Å². The van der Waals surface area contributed by atoms with Crippen LogP contribution in [0.3, 0.4) is 0 Å². The van der Waals surface area contributed by atoms with Crippen molar-refractivity contribution in [1.29, 1.82) is 0 Å². The van der Waals surface area contributed by atoms with Crippen LogP contribution in [-0.2, 0) is 13.0 Å². The molecule has 2 heterocycles. The molecule has 0 saturated carbocycles. The van der Waals surface area contributed by atoms with Gasteiger partial charge >= 0.3 is 6.03 Å². The fraction of sp³-hybridized carbons (Fsp3) is 0.474. The number of amides is 2. The Balaban J connectivity index is 1.32. The first-order valence-corrected chi connectivity index (χ1v) is 8.85. The molecule has 1 saturated heterocycles. The number of piperidine rings is 1. The number of aryl methyl sites for hydroxylation is 1. The van der Waals surface area contributed by atoms with Crippen molar-refractivity contribution >= 4 is 6.03 Å². The standard InChI is InChI=1S/C19H26N4O/c24-19(20-11-4-8-17-6-2-1-3-7-17)22-14-9-18(10-15-22)16-23-13-5-12-21-23/h1-3,5-7,12-13,18H,4,8-11,14-16H2,(H,20,24). The smallest absolute Gasteiger partial charge is 0.317 e. The highest BCUT2D eigenvalue weighted by molar-refractivity contribution is 5.74. The summed E-state index contributed by atoms with van der Waals surface area (Å²) in [6.07, 6.45) is 7.91.